The molecule has 26 heavy (non-hydrogen) atoms. The molecule has 2 fully saturated rings. The molecule has 3 aliphatic heterocycles. The zero-order valence-electron chi connectivity index (χ0n) is 16.7. The van der Waals surface area contributed by atoms with Crippen LogP contribution in [0.15, 0.2) is 42.0 Å². The van der Waals surface area contributed by atoms with Crippen molar-refractivity contribution < 1.29 is 9.31 Å². The van der Waals surface area contributed by atoms with Crippen LogP contribution in [0.25, 0.3) is 0 Å². The fourth-order valence-electron chi connectivity index (χ4n) is 4.66. The lowest BCUT2D eigenvalue weighted by atomic mass is 9.74. The van der Waals surface area contributed by atoms with Crippen molar-refractivity contribution in [2.24, 2.45) is 0 Å². The minimum Gasteiger partial charge on any atom is -0.403 e. The third-order valence-electron chi connectivity index (χ3n) is 6.80. The minimum atomic E-state index is -0.234. The van der Waals surface area contributed by atoms with E-state index in [2.05, 4.69) is 69.0 Å². The Morgan fingerprint density at radius 1 is 1.04 bits per heavy atom. The van der Waals surface area contributed by atoms with Gasteiger partial charge in [-0.05, 0) is 52.5 Å². The zero-order valence-corrected chi connectivity index (χ0v) is 16.7. The first-order chi connectivity index (χ1) is 12.3. The molecular weight excluding hydrogens is 321 g/mol. The van der Waals surface area contributed by atoms with E-state index in [1.165, 1.54) is 30.4 Å². The summed E-state index contributed by atoms with van der Waals surface area (Å²) in [4.78, 5) is 2.71. The number of hydrogen-bond donors (Lipinski definition) is 0. The Morgan fingerprint density at radius 2 is 1.73 bits per heavy atom. The third kappa shape index (κ3) is 3.52. The molecular formula is C22H32BNO2. The standard InChI is InChI=1S/C22H32BNO2/c1-21(2)22(3,4)26-23(25-21)15-18-13-19-11-8-12-20(14-18)24(19)16-17-9-6-5-7-10-17/h5-7,9-10,13,19-20H,8,11-12,14-16H2,1-4H3. The second-order valence-corrected chi connectivity index (χ2v) is 9.23. The molecule has 4 rings (SSSR count). The second kappa shape index (κ2) is 6.81. The molecule has 0 saturated carbocycles. The molecule has 3 nitrogen and oxygen atoms in total. The third-order valence-corrected chi connectivity index (χ3v) is 6.80. The lowest BCUT2D eigenvalue weighted by Crippen LogP contribution is -2.48. The molecule has 0 spiro atoms. The van der Waals surface area contributed by atoms with Gasteiger partial charge in [-0.25, -0.2) is 0 Å². The highest BCUT2D eigenvalue weighted by Gasteiger charge is 2.51. The summed E-state index contributed by atoms with van der Waals surface area (Å²) in [5.41, 5.74) is 2.49. The molecule has 1 aromatic carbocycles. The van der Waals surface area contributed by atoms with Crippen molar-refractivity contribution in [2.45, 2.75) is 89.5 Å². The molecule has 2 atom stereocenters. The van der Waals surface area contributed by atoms with Crippen LogP contribution in [0, 0.1) is 0 Å². The van der Waals surface area contributed by atoms with Gasteiger partial charge in [-0.15, -0.1) is 0 Å². The van der Waals surface area contributed by atoms with Crippen LogP contribution in [0.1, 0.15) is 58.9 Å². The van der Waals surface area contributed by atoms with E-state index in [9.17, 15) is 0 Å². The van der Waals surface area contributed by atoms with Gasteiger partial charge >= 0.3 is 7.12 Å². The Labute approximate surface area is 158 Å². The van der Waals surface area contributed by atoms with E-state index in [0.717, 1.165) is 19.3 Å². The molecule has 1 aromatic rings. The van der Waals surface area contributed by atoms with E-state index in [0.29, 0.717) is 12.1 Å². The highest BCUT2D eigenvalue weighted by molar-refractivity contribution is 6.46. The van der Waals surface area contributed by atoms with Gasteiger partial charge in [0, 0.05) is 24.9 Å². The van der Waals surface area contributed by atoms with Crippen molar-refractivity contribution in [3.63, 3.8) is 0 Å². The van der Waals surface area contributed by atoms with Crippen LogP contribution in [0.5, 0.6) is 0 Å². The molecule has 0 N–H and O–H groups in total. The summed E-state index contributed by atoms with van der Waals surface area (Å²) in [6, 6.07) is 12.1. The van der Waals surface area contributed by atoms with Crippen LogP contribution < -0.4 is 0 Å². The average molecular weight is 353 g/mol. The van der Waals surface area contributed by atoms with Gasteiger partial charge in [0.25, 0.3) is 0 Å². The van der Waals surface area contributed by atoms with Crippen molar-refractivity contribution >= 4 is 7.12 Å². The molecule has 2 unspecified atom stereocenters. The Balaban J connectivity index is 1.45. The number of rotatable bonds is 4. The molecule has 140 valence electrons. The molecule has 4 heteroatoms. The predicted molar refractivity (Wildman–Crippen MR) is 107 cm³/mol. The van der Waals surface area contributed by atoms with Gasteiger partial charge in [0.05, 0.1) is 11.2 Å². The van der Waals surface area contributed by atoms with Crippen molar-refractivity contribution in [1.29, 1.82) is 0 Å². The maximum atomic E-state index is 6.23. The van der Waals surface area contributed by atoms with E-state index in [-0.39, 0.29) is 18.3 Å². The lowest BCUT2D eigenvalue weighted by molar-refractivity contribution is 0.00578. The van der Waals surface area contributed by atoms with Crippen LogP contribution in [-0.4, -0.2) is 35.3 Å². The Morgan fingerprint density at radius 3 is 2.38 bits per heavy atom. The summed E-state index contributed by atoms with van der Waals surface area (Å²) in [6.07, 6.45) is 8.53. The van der Waals surface area contributed by atoms with Gasteiger partial charge in [-0.2, -0.15) is 0 Å². The highest BCUT2D eigenvalue weighted by atomic mass is 16.7. The van der Waals surface area contributed by atoms with Gasteiger partial charge in [0.15, 0.2) is 0 Å². The first kappa shape index (κ1) is 18.3. The average Bonchev–Trinajstić information content (AvgIpc) is 2.76. The molecule has 3 aliphatic rings. The summed E-state index contributed by atoms with van der Waals surface area (Å²) < 4.78 is 12.5. The smallest absolute Gasteiger partial charge is 0.403 e. The second-order valence-electron chi connectivity index (χ2n) is 9.23. The van der Waals surface area contributed by atoms with E-state index < -0.39 is 0 Å². The van der Waals surface area contributed by atoms with Crippen LogP contribution in [0.2, 0.25) is 6.32 Å². The number of piperidine rings is 1. The summed E-state index contributed by atoms with van der Waals surface area (Å²) in [5.74, 6) is 0. The van der Waals surface area contributed by atoms with Crippen molar-refractivity contribution in [2.75, 3.05) is 0 Å². The number of hydrogen-bond acceptors (Lipinski definition) is 3. The Kier molecular flexibility index (Phi) is 4.79. The van der Waals surface area contributed by atoms with Gasteiger partial charge in [-0.3, -0.25) is 4.90 Å². The predicted octanol–water partition coefficient (Wildman–Crippen LogP) is 4.83. The van der Waals surface area contributed by atoms with Crippen molar-refractivity contribution in [3.8, 4) is 0 Å². The fourth-order valence-corrected chi connectivity index (χ4v) is 4.66. The van der Waals surface area contributed by atoms with E-state index >= 15 is 0 Å². The van der Waals surface area contributed by atoms with E-state index in [4.69, 9.17) is 9.31 Å². The largest absolute Gasteiger partial charge is 0.462 e. The molecule has 0 amide bonds. The minimum absolute atomic E-state index is 0.104. The highest BCUT2D eigenvalue weighted by Crippen LogP contribution is 2.41. The molecule has 0 aromatic heterocycles. The fraction of sp³-hybridized carbons (Fsp3) is 0.636. The molecule has 0 radical (unpaired) electrons. The van der Waals surface area contributed by atoms with Crippen molar-refractivity contribution in [3.05, 3.63) is 47.5 Å². The maximum absolute atomic E-state index is 6.23. The topological polar surface area (TPSA) is 21.7 Å². The Hall–Kier alpha value is -1.10. The van der Waals surface area contributed by atoms with Crippen LogP contribution in [0.4, 0.5) is 0 Å². The molecule has 0 aliphatic carbocycles. The van der Waals surface area contributed by atoms with Crippen molar-refractivity contribution in [1.82, 2.24) is 4.90 Å². The van der Waals surface area contributed by atoms with Crippen LogP contribution in [-0.2, 0) is 15.9 Å². The molecule has 2 bridgehead atoms. The van der Waals surface area contributed by atoms with Gasteiger partial charge in [0.2, 0.25) is 0 Å². The normalized spacial score (nSPS) is 30.3. The summed E-state index contributed by atoms with van der Waals surface area (Å²) in [6.45, 7) is 9.62. The van der Waals surface area contributed by atoms with Crippen LogP contribution in [0.3, 0.4) is 0 Å². The quantitative estimate of drug-likeness (QED) is 0.572. The SMILES string of the molecule is CC1(C)OB(CC2=CC3CCCC(C2)N3Cc2ccccc2)OC1(C)C. The van der Waals surface area contributed by atoms with Gasteiger partial charge in [-0.1, -0.05) is 48.4 Å². The molecule has 2 saturated heterocycles. The zero-order chi connectivity index (χ0) is 18.4. The van der Waals surface area contributed by atoms with E-state index in [1.807, 2.05) is 0 Å². The van der Waals surface area contributed by atoms with Gasteiger partial charge < -0.3 is 9.31 Å². The lowest BCUT2D eigenvalue weighted by Gasteiger charge is -2.45. The molecule has 3 heterocycles. The number of benzene rings is 1. The monoisotopic (exact) mass is 353 g/mol. The van der Waals surface area contributed by atoms with Crippen LogP contribution >= 0.6 is 0 Å². The first-order valence-electron chi connectivity index (χ1n) is 10.2. The summed E-state index contributed by atoms with van der Waals surface area (Å²) in [5, 5.41) is 0. The van der Waals surface area contributed by atoms with E-state index in [1.54, 1.807) is 0 Å². The maximum Gasteiger partial charge on any atom is 0.462 e. The van der Waals surface area contributed by atoms with Gasteiger partial charge in [0.1, 0.15) is 0 Å². The first-order valence-corrected chi connectivity index (χ1v) is 10.2. The summed E-state index contributed by atoms with van der Waals surface area (Å²) >= 11 is 0. The summed E-state index contributed by atoms with van der Waals surface area (Å²) in [7, 11) is -0.104. The number of fused-ring (bicyclic) bond motifs is 2. The Bertz CT molecular complexity index is 654. The number of nitrogens with zero attached hydrogens (tertiary/aromatic N) is 1.